The summed E-state index contributed by atoms with van der Waals surface area (Å²) in [6.07, 6.45) is 1.95. The van der Waals surface area contributed by atoms with E-state index in [1.807, 2.05) is 85.9 Å². The van der Waals surface area contributed by atoms with Gasteiger partial charge in [0, 0.05) is 16.6 Å². The minimum absolute atomic E-state index is 0.139. The van der Waals surface area contributed by atoms with Crippen molar-refractivity contribution in [2.75, 3.05) is 4.90 Å². The molecule has 8 rings (SSSR count). The normalized spacial score (nSPS) is 25.4. The molecule has 4 aromatic carbocycles. The van der Waals surface area contributed by atoms with Crippen LogP contribution >= 0.6 is 15.9 Å². The molecule has 37 heavy (non-hydrogen) atoms. The molecule has 4 aliphatic rings. The van der Waals surface area contributed by atoms with Gasteiger partial charge in [-0.1, -0.05) is 76.6 Å². The molecule has 0 N–H and O–H groups in total. The predicted molar refractivity (Wildman–Crippen MR) is 148 cm³/mol. The van der Waals surface area contributed by atoms with Crippen LogP contribution in [0.4, 0.5) is 11.4 Å². The maximum absolute atomic E-state index is 14.3. The lowest BCUT2D eigenvalue weighted by molar-refractivity contribution is -0.122. The van der Waals surface area contributed by atoms with Crippen molar-refractivity contribution in [1.82, 2.24) is 0 Å². The highest BCUT2D eigenvalue weighted by Crippen LogP contribution is 2.63. The Morgan fingerprint density at radius 1 is 0.811 bits per heavy atom. The van der Waals surface area contributed by atoms with Gasteiger partial charge in [-0.25, -0.2) is 4.90 Å². The van der Waals surface area contributed by atoms with Gasteiger partial charge < -0.3 is 0 Å². The van der Waals surface area contributed by atoms with E-state index in [-0.39, 0.29) is 17.7 Å². The molecule has 0 spiro atoms. The van der Waals surface area contributed by atoms with Crippen LogP contribution in [-0.4, -0.2) is 18.0 Å². The topological polar surface area (TPSA) is 49.7 Å². The number of nitrogens with zero attached hydrogens (tertiary/aromatic N) is 2. The Morgan fingerprint density at radius 2 is 1.46 bits per heavy atom. The van der Waals surface area contributed by atoms with E-state index in [0.717, 1.165) is 38.0 Å². The number of aryl methyl sites for hydroxylation is 1. The number of hydrogen-bond acceptors (Lipinski definition) is 3. The Hall–Kier alpha value is -3.83. The van der Waals surface area contributed by atoms with Gasteiger partial charge in [0.15, 0.2) is 0 Å². The molecule has 180 valence electrons. The third-order valence-corrected chi connectivity index (χ3v) is 8.72. The Bertz CT molecular complexity index is 1580. The molecule has 4 aromatic rings. The van der Waals surface area contributed by atoms with Gasteiger partial charge in [0.1, 0.15) is 0 Å². The van der Waals surface area contributed by atoms with Gasteiger partial charge in [-0.3, -0.25) is 14.6 Å². The van der Waals surface area contributed by atoms with Gasteiger partial charge in [-0.05, 0) is 71.1 Å². The van der Waals surface area contributed by atoms with E-state index in [1.165, 1.54) is 4.90 Å². The second kappa shape index (κ2) is 8.09. The number of carbonyl (C=O) groups is 2. The van der Waals surface area contributed by atoms with Crippen LogP contribution in [0, 0.1) is 18.8 Å². The lowest BCUT2D eigenvalue weighted by Crippen LogP contribution is -2.54. The Kier molecular flexibility index (Phi) is 4.89. The smallest absolute Gasteiger partial charge is 0.239 e. The lowest BCUT2D eigenvalue weighted by atomic mass is 9.47. The van der Waals surface area contributed by atoms with E-state index in [0.29, 0.717) is 5.69 Å². The van der Waals surface area contributed by atoms with E-state index in [2.05, 4.69) is 40.2 Å². The number of anilines is 1. The molecule has 0 aromatic heterocycles. The second-order valence-corrected chi connectivity index (χ2v) is 11.0. The SMILES string of the molecule is Cc1cccc(N=CC23c4ccccc4C(c4ccccc42)C2C(=O)N(c4ccc(Br)cc4)C(=O)C23)c1. The van der Waals surface area contributed by atoms with Crippen LogP contribution in [0.15, 0.2) is 107 Å². The van der Waals surface area contributed by atoms with E-state index in [4.69, 9.17) is 4.99 Å². The lowest BCUT2D eigenvalue weighted by Gasteiger charge is -2.52. The molecular formula is C32H23BrN2O2. The molecule has 4 nitrogen and oxygen atoms in total. The third kappa shape index (κ3) is 3.04. The molecule has 2 bridgehead atoms. The first kappa shape index (κ1) is 22.4. The van der Waals surface area contributed by atoms with Crippen molar-refractivity contribution >= 4 is 45.3 Å². The van der Waals surface area contributed by atoms with E-state index < -0.39 is 17.3 Å². The fraction of sp³-hybridized carbons (Fsp3) is 0.156. The van der Waals surface area contributed by atoms with E-state index in [1.54, 1.807) is 0 Å². The molecule has 2 atom stereocenters. The summed E-state index contributed by atoms with van der Waals surface area (Å²) in [6, 6.07) is 32.0. The Labute approximate surface area is 223 Å². The number of amides is 2. The Morgan fingerprint density at radius 3 is 2.11 bits per heavy atom. The van der Waals surface area contributed by atoms with Crippen molar-refractivity contribution in [2.24, 2.45) is 16.8 Å². The van der Waals surface area contributed by atoms with E-state index in [9.17, 15) is 9.59 Å². The average molecular weight is 547 g/mol. The van der Waals surface area contributed by atoms with E-state index >= 15 is 0 Å². The summed E-state index contributed by atoms with van der Waals surface area (Å²) in [5.74, 6) is -1.55. The number of imide groups is 1. The van der Waals surface area contributed by atoms with Gasteiger partial charge in [-0.2, -0.15) is 0 Å². The molecule has 1 saturated heterocycles. The molecule has 1 aliphatic heterocycles. The standard InChI is InChI=1S/C32H23BrN2O2/c1-19-7-6-8-21(17-19)34-18-32-25-11-4-2-9-23(25)27(24-10-3-5-12-26(24)32)28-29(32)31(37)35(30(28)36)22-15-13-20(33)14-16-22/h2-18,27-29H,1H3. The number of carbonyl (C=O) groups excluding carboxylic acids is 2. The predicted octanol–water partition coefficient (Wildman–Crippen LogP) is 6.71. The fourth-order valence-corrected chi connectivity index (χ4v) is 7.04. The summed E-state index contributed by atoms with van der Waals surface area (Å²) >= 11 is 3.46. The summed E-state index contributed by atoms with van der Waals surface area (Å²) in [5, 5.41) is 0. The number of halogens is 1. The monoisotopic (exact) mass is 546 g/mol. The maximum Gasteiger partial charge on any atom is 0.239 e. The van der Waals surface area contributed by atoms with Gasteiger partial charge in [-0.15, -0.1) is 0 Å². The molecule has 2 unspecified atom stereocenters. The molecule has 1 fully saturated rings. The highest BCUT2D eigenvalue weighted by molar-refractivity contribution is 9.10. The maximum atomic E-state index is 14.3. The van der Waals surface area contributed by atoms with Crippen LogP contribution in [0.3, 0.4) is 0 Å². The molecule has 0 radical (unpaired) electrons. The van der Waals surface area contributed by atoms with Gasteiger partial charge in [0.25, 0.3) is 0 Å². The van der Waals surface area contributed by atoms with Gasteiger partial charge in [0.2, 0.25) is 11.8 Å². The van der Waals surface area contributed by atoms with Crippen molar-refractivity contribution < 1.29 is 9.59 Å². The van der Waals surface area contributed by atoms with Crippen LogP contribution in [0.2, 0.25) is 0 Å². The van der Waals surface area contributed by atoms with Crippen molar-refractivity contribution in [3.8, 4) is 0 Å². The summed E-state index contributed by atoms with van der Waals surface area (Å²) in [4.78, 5) is 34.9. The molecule has 1 heterocycles. The minimum atomic E-state index is -0.854. The molecule has 3 aliphatic carbocycles. The van der Waals surface area contributed by atoms with Gasteiger partial charge in [0.05, 0.1) is 28.6 Å². The number of benzene rings is 4. The summed E-state index contributed by atoms with van der Waals surface area (Å²) in [5.41, 5.74) is 6.04. The van der Waals surface area contributed by atoms with Crippen molar-refractivity contribution in [1.29, 1.82) is 0 Å². The van der Waals surface area contributed by atoms with Crippen LogP contribution < -0.4 is 4.90 Å². The van der Waals surface area contributed by atoms with Crippen molar-refractivity contribution in [2.45, 2.75) is 18.3 Å². The number of rotatable bonds is 3. The zero-order chi connectivity index (χ0) is 25.3. The Balaban J connectivity index is 1.50. The number of aliphatic imine (C=N–C) groups is 1. The second-order valence-electron chi connectivity index (χ2n) is 10.1. The first-order valence-corrected chi connectivity index (χ1v) is 13.2. The largest absolute Gasteiger partial charge is 0.274 e. The third-order valence-electron chi connectivity index (χ3n) is 8.19. The van der Waals surface area contributed by atoms with Crippen LogP contribution in [0.25, 0.3) is 0 Å². The van der Waals surface area contributed by atoms with Crippen molar-refractivity contribution in [3.05, 3.63) is 129 Å². The first-order valence-electron chi connectivity index (χ1n) is 12.4. The molecule has 2 amide bonds. The highest BCUT2D eigenvalue weighted by atomic mass is 79.9. The zero-order valence-corrected chi connectivity index (χ0v) is 21.7. The average Bonchev–Trinajstić information content (AvgIpc) is 3.19. The quantitative estimate of drug-likeness (QED) is 0.212. The van der Waals surface area contributed by atoms with Crippen LogP contribution in [-0.2, 0) is 15.0 Å². The van der Waals surface area contributed by atoms with Gasteiger partial charge >= 0.3 is 0 Å². The molecule has 0 saturated carbocycles. The summed E-state index contributed by atoms with van der Waals surface area (Å²) in [6.45, 7) is 2.04. The molecule has 5 heteroatoms. The van der Waals surface area contributed by atoms with Crippen LogP contribution in [0.1, 0.15) is 33.7 Å². The zero-order valence-electron chi connectivity index (χ0n) is 20.1. The van der Waals surface area contributed by atoms with Crippen molar-refractivity contribution in [3.63, 3.8) is 0 Å². The minimum Gasteiger partial charge on any atom is -0.274 e. The highest BCUT2D eigenvalue weighted by Gasteiger charge is 2.67. The fourth-order valence-electron chi connectivity index (χ4n) is 6.78. The summed E-state index contributed by atoms with van der Waals surface area (Å²) < 4.78 is 0.898. The molecular weight excluding hydrogens is 524 g/mol. The first-order chi connectivity index (χ1) is 18.0. The summed E-state index contributed by atoms with van der Waals surface area (Å²) in [7, 11) is 0. The van der Waals surface area contributed by atoms with Crippen LogP contribution in [0.5, 0.6) is 0 Å². The number of hydrogen-bond donors (Lipinski definition) is 0.